The fourth-order valence-corrected chi connectivity index (χ4v) is 2.42. The third-order valence-electron chi connectivity index (χ3n) is 2.65. The van der Waals surface area contributed by atoms with Crippen LogP contribution in [0.2, 0.25) is 0 Å². The zero-order valence-electron chi connectivity index (χ0n) is 10.0. The topological polar surface area (TPSA) is 43.8 Å². The average molecular weight is 245 g/mol. The fraction of sp³-hybridized carbons (Fsp3) is 0.308. The summed E-state index contributed by atoms with van der Waals surface area (Å²) < 4.78 is 2.15. The van der Waals surface area contributed by atoms with E-state index >= 15 is 0 Å². The highest BCUT2D eigenvalue weighted by atomic mass is 32.1. The molecule has 0 saturated heterocycles. The number of rotatable bonds is 2. The monoisotopic (exact) mass is 245 g/mol. The van der Waals surface area contributed by atoms with Crippen molar-refractivity contribution in [2.45, 2.75) is 20.4 Å². The van der Waals surface area contributed by atoms with Crippen LogP contribution >= 0.6 is 11.3 Å². The molecule has 0 fully saturated rings. The van der Waals surface area contributed by atoms with E-state index in [-0.39, 0.29) is 0 Å². The maximum absolute atomic E-state index is 5.35. The smallest absolute Gasteiger partial charge is 0.0954 e. The second-order valence-corrected chi connectivity index (χ2v) is 4.98. The lowest BCUT2D eigenvalue weighted by molar-refractivity contribution is 0.779. The third kappa shape index (κ3) is 2.76. The summed E-state index contributed by atoms with van der Waals surface area (Å²) in [6.45, 7) is 5.39. The summed E-state index contributed by atoms with van der Waals surface area (Å²) in [7, 11) is 0. The molecule has 2 rings (SSSR count). The molecular formula is C13H15N3S. The first-order chi connectivity index (χ1) is 8.20. The van der Waals surface area contributed by atoms with E-state index in [1.165, 1.54) is 10.6 Å². The zero-order valence-corrected chi connectivity index (χ0v) is 10.8. The highest BCUT2D eigenvalue weighted by molar-refractivity contribution is 7.12. The molecule has 0 aliphatic rings. The van der Waals surface area contributed by atoms with Crippen molar-refractivity contribution in [3.8, 4) is 11.8 Å². The maximum Gasteiger partial charge on any atom is 0.0954 e. The van der Waals surface area contributed by atoms with E-state index in [0.717, 1.165) is 17.1 Å². The molecule has 0 unspecified atom stereocenters. The number of aryl methyl sites for hydroxylation is 1. The molecule has 3 nitrogen and oxygen atoms in total. The van der Waals surface area contributed by atoms with Gasteiger partial charge in [-0.05, 0) is 26.0 Å². The molecule has 0 aliphatic heterocycles. The van der Waals surface area contributed by atoms with E-state index in [9.17, 15) is 0 Å². The van der Waals surface area contributed by atoms with E-state index in [2.05, 4.69) is 34.4 Å². The molecule has 0 saturated carbocycles. The van der Waals surface area contributed by atoms with Gasteiger partial charge in [-0.3, -0.25) is 0 Å². The Labute approximate surface area is 105 Å². The number of thiophene rings is 1. The number of nitrogens with two attached hydrogens (primary N) is 1. The summed E-state index contributed by atoms with van der Waals surface area (Å²) >= 11 is 1.71. The van der Waals surface area contributed by atoms with E-state index in [1.807, 2.05) is 19.3 Å². The van der Waals surface area contributed by atoms with Gasteiger partial charge in [-0.25, -0.2) is 4.98 Å². The van der Waals surface area contributed by atoms with Crippen molar-refractivity contribution in [2.75, 3.05) is 6.54 Å². The first kappa shape index (κ1) is 11.9. The van der Waals surface area contributed by atoms with Gasteiger partial charge in [0.1, 0.15) is 0 Å². The van der Waals surface area contributed by atoms with Gasteiger partial charge in [-0.2, -0.15) is 0 Å². The van der Waals surface area contributed by atoms with Crippen LogP contribution in [0.4, 0.5) is 0 Å². The van der Waals surface area contributed by atoms with Crippen LogP contribution in [0, 0.1) is 25.7 Å². The Morgan fingerprint density at radius 2 is 2.24 bits per heavy atom. The normalized spacial score (nSPS) is 10.1. The SMILES string of the molecule is Cc1ncn(Cc2ccc(C#CCN)s2)c1C. The van der Waals surface area contributed by atoms with E-state index in [4.69, 9.17) is 5.73 Å². The summed E-state index contributed by atoms with van der Waals surface area (Å²) in [4.78, 5) is 6.65. The van der Waals surface area contributed by atoms with Crippen LogP contribution in [0.25, 0.3) is 0 Å². The summed E-state index contributed by atoms with van der Waals surface area (Å²) in [5.41, 5.74) is 7.65. The molecule has 0 atom stereocenters. The van der Waals surface area contributed by atoms with Crippen LogP contribution < -0.4 is 5.73 Å². The van der Waals surface area contributed by atoms with Gasteiger partial charge in [0, 0.05) is 10.6 Å². The zero-order chi connectivity index (χ0) is 12.3. The number of hydrogen-bond acceptors (Lipinski definition) is 3. The van der Waals surface area contributed by atoms with Crippen LogP contribution in [0.15, 0.2) is 18.5 Å². The van der Waals surface area contributed by atoms with Gasteiger partial charge in [0.2, 0.25) is 0 Å². The predicted octanol–water partition coefficient (Wildman–Crippen LogP) is 1.92. The second-order valence-electron chi connectivity index (χ2n) is 3.82. The van der Waals surface area contributed by atoms with E-state index < -0.39 is 0 Å². The molecule has 0 spiro atoms. The van der Waals surface area contributed by atoms with Gasteiger partial charge in [0.15, 0.2) is 0 Å². The van der Waals surface area contributed by atoms with Crippen molar-refractivity contribution in [2.24, 2.45) is 5.73 Å². The number of nitrogens with zero attached hydrogens (tertiary/aromatic N) is 2. The van der Waals surface area contributed by atoms with Crippen molar-refractivity contribution in [1.29, 1.82) is 0 Å². The minimum atomic E-state index is 0.410. The van der Waals surface area contributed by atoms with Crippen molar-refractivity contribution >= 4 is 11.3 Å². The van der Waals surface area contributed by atoms with Crippen LogP contribution in [-0.2, 0) is 6.54 Å². The van der Waals surface area contributed by atoms with Crippen LogP contribution in [-0.4, -0.2) is 16.1 Å². The number of aromatic nitrogens is 2. The van der Waals surface area contributed by atoms with Gasteiger partial charge in [0.05, 0.1) is 30.0 Å². The van der Waals surface area contributed by atoms with Gasteiger partial charge in [-0.1, -0.05) is 11.8 Å². The largest absolute Gasteiger partial charge is 0.329 e. The Kier molecular flexibility index (Phi) is 3.62. The van der Waals surface area contributed by atoms with Crippen molar-refractivity contribution in [3.05, 3.63) is 39.6 Å². The Morgan fingerprint density at radius 3 is 2.88 bits per heavy atom. The molecule has 17 heavy (non-hydrogen) atoms. The quantitative estimate of drug-likeness (QED) is 0.821. The molecule has 0 amide bonds. The third-order valence-corrected chi connectivity index (χ3v) is 3.63. The summed E-state index contributed by atoms with van der Waals surface area (Å²) in [5, 5.41) is 0. The maximum atomic E-state index is 5.35. The predicted molar refractivity (Wildman–Crippen MR) is 71.1 cm³/mol. The van der Waals surface area contributed by atoms with Crippen molar-refractivity contribution in [1.82, 2.24) is 9.55 Å². The summed E-state index contributed by atoms with van der Waals surface area (Å²) in [6, 6.07) is 4.15. The van der Waals surface area contributed by atoms with Crippen molar-refractivity contribution in [3.63, 3.8) is 0 Å². The Hall–Kier alpha value is -1.57. The van der Waals surface area contributed by atoms with E-state index in [0.29, 0.717) is 6.54 Å². The summed E-state index contributed by atoms with van der Waals surface area (Å²) in [6.07, 6.45) is 1.88. The lowest BCUT2D eigenvalue weighted by Gasteiger charge is -2.02. The summed E-state index contributed by atoms with van der Waals surface area (Å²) in [5.74, 6) is 5.92. The second kappa shape index (κ2) is 5.17. The molecule has 0 aromatic carbocycles. The molecule has 4 heteroatoms. The molecular weight excluding hydrogens is 230 g/mol. The Bertz CT molecular complexity index is 569. The van der Waals surface area contributed by atoms with Crippen LogP contribution in [0.3, 0.4) is 0 Å². The molecule has 0 bridgehead atoms. The molecule has 2 aromatic rings. The van der Waals surface area contributed by atoms with Gasteiger partial charge >= 0.3 is 0 Å². The minimum Gasteiger partial charge on any atom is -0.329 e. The number of hydrogen-bond donors (Lipinski definition) is 1. The molecule has 88 valence electrons. The first-order valence-corrected chi connectivity index (χ1v) is 6.28. The van der Waals surface area contributed by atoms with Crippen molar-refractivity contribution < 1.29 is 0 Å². The molecule has 2 N–H and O–H groups in total. The highest BCUT2D eigenvalue weighted by Gasteiger charge is 2.04. The lowest BCUT2D eigenvalue weighted by Crippen LogP contribution is -1.98. The molecule has 2 heterocycles. The van der Waals surface area contributed by atoms with Gasteiger partial charge < -0.3 is 10.3 Å². The first-order valence-electron chi connectivity index (χ1n) is 5.46. The average Bonchev–Trinajstić information content (AvgIpc) is 2.89. The van der Waals surface area contributed by atoms with Gasteiger partial charge in [-0.15, -0.1) is 11.3 Å². The van der Waals surface area contributed by atoms with Gasteiger partial charge in [0.25, 0.3) is 0 Å². The molecule has 0 radical (unpaired) electrons. The van der Waals surface area contributed by atoms with Crippen LogP contribution in [0.1, 0.15) is 21.1 Å². The molecule has 2 aromatic heterocycles. The number of imidazole rings is 1. The Balaban J connectivity index is 2.14. The minimum absolute atomic E-state index is 0.410. The van der Waals surface area contributed by atoms with Crippen LogP contribution in [0.5, 0.6) is 0 Å². The fourth-order valence-electron chi connectivity index (χ4n) is 1.54. The van der Waals surface area contributed by atoms with E-state index in [1.54, 1.807) is 11.3 Å². The lowest BCUT2D eigenvalue weighted by atomic mass is 10.3. The Morgan fingerprint density at radius 1 is 1.41 bits per heavy atom. The standard InChI is InChI=1S/C13H15N3S/c1-10-11(2)16(9-15-10)8-13-6-5-12(17-13)4-3-7-14/h5-6,9H,7-8,14H2,1-2H3. The highest BCUT2D eigenvalue weighted by Crippen LogP contribution is 2.18. The molecule has 0 aliphatic carbocycles.